The van der Waals surface area contributed by atoms with E-state index >= 15 is 0 Å². The Morgan fingerprint density at radius 1 is 0.871 bits per heavy atom. The van der Waals surface area contributed by atoms with E-state index in [2.05, 4.69) is 16.8 Å². The van der Waals surface area contributed by atoms with Gasteiger partial charge in [0.25, 0.3) is 11.8 Å². The lowest BCUT2D eigenvalue weighted by Crippen LogP contribution is -2.46. The van der Waals surface area contributed by atoms with Crippen LogP contribution < -0.4 is 9.64 Å². The maximum absolute atomic E-state index is 13.6. The molecule has 2 amide bonds. The zero-order chi connectivity index (χ0) is 22.1. The maximum Gasteiger partial charge on any atom is 0.282 e. The molecule has 0 aromatic heterocycles. The lowest BCUT2D eigenvalue weighted by Gasteiger charge is -2.34. The first kappa shape index (κ1) is 21.1. The summed E-state index contributed by atoms with van der Waals surface area (Å²) in [6.45, 7) is 9.70. The average Bonchev–Trinajstić information content (AvgIpc) is 3.02. The summed E-state index contributed by atoms with van der Waals surface area (Å²) in [5, 5.41) is 0. The Morgan fingerprint density at radius 3 is 2.16 bits per heavy atom. The minimum atomic E-state index is -0.272. The van der Waals surface area contributed by atoms with Crippen LogP contribution in [-0.4, -0.2) is 61.4 Å². The molecule has 2 aromatic carbocycles. The molecule has 2 aromatic rings. The van der Waals surface area contributed by atoms with Crippen LogP contribution in [0.4, 0.5) is 5.69 Å². The molecule has 0 N–H and O–H groups in total. The van der Waals surface area contributed by atoms with Gasteiger partial charge in [-0.1, -0.05) is 18.2 Å². The molecular formula is C25H29N3O3. The summed E-state index contributed by atoms with van der Waals surface area (Å²) < 4.78 is 5.51. The van der Waals surface area contributed by atoms with Crippen LogP contribution in [0.15, 0.2) is 48.2 Å². The first-order valence-corrected chi connectivity index (χ1v) is 10.8. The van der Waals surface area contributed by atoms with E-state index in [4.69, 9.17) is 4.74 Å². The van der Waals surface area contributed by atoms with Gasteiger partial charge in [-0.25, -0.2) is 4.90 Å². The Hall–Kier alpha value is -3.12. The van der Waals surface area contributed by atoms with E-state index in [0.29, 0.717) is 29.3 Å². The molecule has 0 aliphatic carbocycles. The van der Waals surface area contributed by atoms with Crippen molar-refractivity contribution in [1.29, 1.82) is 0 Å². The van der Waals surface area contributed by atoms with Crippen molar-refractivity contribution in [2.75, 3.05) is 44.7 Å². The highest BCUT2D eigenvalue weighted by atomic mass is 16.5. The summed E-state index contributed by atoms with van der Waals surface area (Å²) in [5.41, 5.74) is 4.61. The highest BCUT2D eigenvalue weighted by molar-refractivity contribution is 6.45. The number of rotatable bonds is 5. The van der Waals surface area contributed by atoms with Gasteiger partial charge in [0, 0.05) is 26.2 Å². The number of benzene rings is 2. The fourth-order valence-corrected chi connectivity index (χ4v) is 4.09. The Labute approximate surface area is 183 Å². The first-order chi connectivity index (χ1) is 14.9. The molecule has 6 nitrogen and oxygen atoms in total. The molecule has 4 rings (SSSR count). The highest BCUT2D eigenvalue weighted by Crippen LogP contribution is 2.36. The first-order valence-electron chi connectivity index (χ1n) is 10.8. The largest absolute Gasteiger partial charge is 0.494 e. The van der Waals surface area contributed by atoms with Crippen LogP contribution in [0.3, 0.4) is 0 Å². The second-order valence-corrected chi connectivity index (χ2v) is 8.19. The smallest absolute Gasteiger partial charge is 0.282 e. The SMILES string of the molecule is CCOc1ccc(N2C(=O)C(c3ccc(C)c(C)c3)=C(N3CCN(C)CC3)C2=O)cc1. The van der Waals surface area contributed by atoms with E-state index in [1.54, 1.807) is 24.3 Å². The molecule has 2 aliphatic rings. The van der Waals surface area contributed by atoms with Crippen LogP contribution in [0.2, 0.25) is 0 Å². The summed E-state index contributed by atoms with van der Waals surface area (Å²) >= 11 is 0. The van der Waals surface area contributed by atoms with E-state index < -0.39 is 0 Å². The van der Waals surface area contributed by atoms with Crippen molar-refractivity contribution in [1.82, 2.24) is 9.80 Å². The Morgan fingerprint density at radius 2 is 1.55 bits per heavy atom. The predicted octanol–water partition coefficient (Wildman–Crippen LogP) is 3.23. The third kappa shape index (κ3) is 3.95. The average molecular weight is 420 g/mol. The number of carbonyl (C=O) groups is 2. The van der Waals surface area contributed by atoms with Crippen molar-refractivity contribution >= 4 is 23.1 Å². The quantitative estimate of drug-likeness (QED) is 0.697. The summed E-state index contributed by atoms with van der Waals surface area (Å²) in [6, 6.07) is 13.1. The Bertz CT molecular complexity index is 1030. The minimum absolute atomic E-state index is 0.257. The topological polar surface area (TPSA) is 53.1 Å². The number of hydrogen-bond donors (Lipinski definition) is 0. The maximum atomic E-state index is 13.6. The highest BCUT2D eigenvalue weighted by Gasteiger charge is 2.43. The zero-order valence-corrected chi connectivity index (χ0v) is 18.6. The molecule has 6 heteroatoms. The number of carbonyl (C=O) groups excluding carboxylic acids is 2. The predicted molar refractivity (Wildman–Crippen MR) is 122 cm³/mol. The second kappa shape index (κ2) is 8.55. The molecule has 162 valence electrons. The Balaban J connectivity index is 1.77. The molecule has 1 saturated heterocycles. The number of ether oxygens (including phenoxy) is 1. The lowest BCUT2D eigenvalue weighted by atomic mass is 9.99. The molecular weight excluding hydrogens is 390 g/mol. The number of nitrogens with zero attached hydrogens (tertiary/aromatic N) is 3. The van der Waals surface area contributed by atoms with E-state index in [9.17, 15) is 9.59 Å². The van der Waals surface area contributed by atoms with E-state index in [0.717, 1.165) is 42.9 Å². The number of amides is 2. The van der Waals surface area contributed by atoms with Crippen LogP contribution in [0, 0.1) is 13.8 Å². The minimum Gasteiger partial charge on any atom is -0.494 e. The van der Waals surface area contributed by atoms with Crippen molar-refractivity contribution in [3.8, 4) is 5.75 Å². The van der Waals surface area contributed by atoms with Crippen molar-refractivity contribution in [2.45, 2.75) is 20.8 Å². The van der Waals surface area contributed by atoms with Crippen LogP contribution in [0.5, 0.6) is 5.75 Å². The van der Waals surface area contributed by atoms with Crippen LogP contribution in [0.25, 0.3) is 5.57 Å². The van der Waals surface area contributed by atoms with E-state index in [1.165, 1.54) is 4.90 Å². The fraction of sp³-hybridized carbons (Fsp3) is 0.360. The standard InChI is InChI=1S/C25H29N3O3/c1-5-31-21-10-8-20(9-11-21)28-24(29)22(19-7-6-17(2)18(3)16-19)23(25(28)30)27-14-12-26(4)13-15-27/h6-11,16H,5,12-15H2,1-4H3. The number of anilines is 1. The summed E-state index contributed by atoms with van der Waals surface area (Å²) in [4.78, 5) is 32.8. The second-order valence-electron chi connectivity index (χ2n) is 8.19. The van der Waals surface area contributed by atoms with Gasteiger partial charge in [0.2, 0.25) is 0 Å². The van der Waals surface area contributed by atoms with Crippen LogP contribution in [-0.2, 0) is 9.59 Å². The van der Waals surface area contributed by atoms with Gasteiger partial charge in [0.15, 0.2) is 0 Å². The zero-order valence-electron chi connectivity index (χ0n) is 18.6. The Kier molecular flexibility index (Phi) is 5.83. The summed E-state index contributed by atoms with van der Waals surface area (Å²) in [6.07, 6.45) is 0. The molecule has 2 aliphatic heterocycles. The molecule has 0 saturated carbocycles. The molecule has 0 atom stereocenters. The van der Waals surface area contributed by atoms with Gasteiger partial charge in [0.05, 0.1) is 17.9 Å². The third-order valence-electron chi connectivity index (χ3n) is 6.08. The monoisotopic (exact) mass is 419 g/mol. The van der Waals surface area contributed by atoms with Gasteiger partial charge in [-0.05, 0) is 68.8 Å². The molecule has 0 radical (unpaired) electrons. The number of hydrogen-bond acceptors (Lipinski definition) is 5. The van der Waals surface area contributed by atoms with E-state index in [-0.39, 0.29) is 11.8 Å². The number of imide groups is 1. The van der Waals surface area contributed by atoms with Crippen molar-refractivity contribution in [2.24, 2.45) is 0 Å². The molecule has 31 heavy (non-hydrogen) atoms. The summed E-state index contributed by atoms with van der Waals surface area (Å²) in [7, 11) is 2.07. The van der Waals surface area contributed by atoms with Gasteiger partial charge >= 0.3 is 0 Å². The number of likely N-dealkylation sites (N-methyl/N-ethyl adjacent to an activating group) is 1. The van der Waals surface area contributed by atoms with Gasteiger partial charge in [0.1, 0.15) is 11.4 Å². The van der Waals surface area contributed by atoms with Crippen LogP contribution >= 0.6 is 0 Å². The van der Waals surface area contributed by atoms with Crippen molar-refractivity contribution < 1.29 is 14.3 Å². The van der Waals surface area contributed by atoms with Gasteiger partial charge in [-0.3, -0.25) is 9.59 Å². The van der Waals surface area contributed by atoms with Gasteiger partial charge < -0.3 is 14.5 Å². The summed E-state index contributed by atoms with van der Waals surface area (Å²) in [5.74, 6) is 0.185. The fourth-order valence-electron chi connectivity index (χ4n) is 4.09. The normalized spacial score (nSPS) is 17.7. The number of aryl methyl sites for hydroxylation is 2. The van der Waals surface area contributed by atoms with Crippen molar-refractivity contribution in [3.05, 3.63) is 64.9 Å². The molecule has 0 spiro atoms. The molecule has 0 bridgehead atoms. The molecule has 2 heterocycles. The van der Waals surface area contributed by atoms with Crippen molar-refractivity contribution in [3.63, 3.8) is 0 Å². The van der Waals surface area contributed by atoms with Gasteiger partial charge in [-0.15, -0.1) is 0 Å². The lowest BCUT2D eigenvalue weighted by molar-refractivity contribution is -0.120. The molecule has 1 fully saturated rings. The third-order valence-corrected chi connectivity index (χ3v) is 6.08. The number of piperazine rings is 1. The molecule has 0 unspecified atom stereocenters. The van der Waals surface area contributed by atoms with Gasteiger partial charge in [-0.2, -0.15) is 0 Å². The van der Waals surface area contributed by atoms with E-state index in [1.807, 2.05) is 39.0 Å². The van der Waals surface area contributed by atoms with Crippen LogP contribution in [0.1, 0.15) is 23.6 Å².